The van der Waals surface area contributed by atoms with Gasteiger partial charge < -0.3 is 13.8 Å². The van der Waals surface area contributed by atoms with Crippen LogP contribution in [0.1, 0.15) is 36.0 Å². The van der Waals surface area contributed by atoms with E-state index < -0.39 is 0 Å². The molecule has 0 radical (unpaired) electrons. The Bertz CT molecular complexity index is 1520. The third kappa shape index (κ3) is 3.88. The van der Waals surface area contributed by atoms with Gasteiger partial charge in [0.1, 0.15) is 10.9 Å². The van der Waals surface area contributed by atoms with Gasteiger partial charge in [-0.05, 0) is 56.9 Å². The second kappa shape index (κ2) is 8.90. The van der Waals surface area contributed by atoms with E-state index in [4.69, 9.17) is 42.4 Å². The molecule has 35 heavy (non-hydrogen) atoms. The molecule has 1 atom stereocenters. The van der Waals surface area contributed by atoms with Crippen LogP contribution in [0.5, 0.6) is 0 Å². The molecule has 0 amide bonds. The molecule has 0 spiro atoms. The van der Waals surface area contributed by atoms with Crippen LogP contribution in [-0.2, 0) is 4.74 Å². The topological polar surface area (TPSA) is 78.9 Å². The molecule has 1 saturated heterocycles. The number of aromatic nitrogens is 5. The molecule has 0 aliphatic carbocycles. The maximum absolute atomic E-state index is 6.41. The van der Waals surface area contributed by atoms with Crippen LogP contribution in [0.2, 0.25) is 10.2 Å². The number of nitrogens with zero attached hydrogens (tertiary/aromatic N) is 5. The van der Waals surface area contributed by atoms with Crippen molar-refractivity contribution in [2.24, 2.45) is 5.92 Å². The molecular formula is C26H23Cl2N5O2. The summed E-state index contributed by atoms with van der Waals surface area (Å²) < 4.78 is 13.5. The predicted octanol–water partition coefficient (Wildman–Crippen LogP) is 6.57. The summed E-state index contributed by atoms with van der Waals surface area (Å²) in [4.78, 5) is 14.0. The van der Waals surface area contributed by atoms with Gasteiger partial charge >= 0.3 is 0 Å². The van der Waals surface area contributed by atoms with E-state index in [-0.39, 0.29) is 6.04 Å². The molecule has 0 N–H and O–H groups in total. The molecule has 0 aromatic carbocycles. The van der Waals surface area contributed by atoms with Gasteiger partial charge in [0.25, 0.3) is 0 Å². The van der Waals surface area contributed by atoms with Crippen LogP contribution in [0.4, 0.5) is 0 Å². The molecule has 1 fully saturated rings. The normalized spacial score (nSPS) is 15.8. The fourth-order valence-electron chi connectivity index (χ4n) is 5.29. The predicted molar refractivity (Wildman–Crippen MR) is 136 cm³/mol. The van der Waals surface area contributed by atoms with Crippen molar-refractivity contribution in [1.29, 1.82) is 0 Å². The number of hydrogen-bond acceptors (Lipinski definition) is 6. The lowest BCUT2D eigenvalue weighted by atomic mass is 9.89. The van der Waals surface area contributed by atoms with E-state index in [1.54, 1.807) is 12.4 Å². The van der Waals surface area contributed by atoms with Gasteiger partial charge in [0.05, 0.1) is 39.0 Å². The summed E-state index contributed by atoms with van der Waals surface area (Å²) in [5.74, 6) is 1.07. The number of hydrogen-bond donors (Lipinski definition) is 0. The third-order valence-corrected chi connectivity index (χ3v) is 7.29. The van der Waals surface area contributed by atoms with Gasteiger partial charge in [0.2, 0.25) is 0 Å². The zero-order chi connectivity index (χ0) is 24.1. The Labute approximate surface area is 212 Å². The fourth-order valence-corrected chi connectivity index (χ4v) is 5.55. The smallest absolute Gasteiger partial charge is 0.141 e. The number of fused-ring (bicyclic) bond motifs is 3. The van der Waals surface area contributed by atoms with Crippen LogP contribution in [-0.4, -0.2) is 37.9 Å². The van der Waals surface area contributed by atoms with E-state index >= 15 is 0 Å². The Morgan fingerprint density at radius 2 is 1.80 bits per heavy atom. The highest BCUT2D eigenvalue weighted by Crippen LogP contribution is 2.41. The maximum Gasteiger partial charge on any atom is 0.141 e. The molecule has 5 aromatic heterocycles. The molecule has 0 unspecified atom stereocenters. The van der Waals surface area contributed by atoms with E-state index in [9.17, 15) is 0 Å². The highest BCUT2D eigenvalue weighted by atomic mass is 35.5. The Kier molecular flexibility index (Phi) is 5.71. The lowest BCUT2D eigenvalue weighted by Crippen LogP contribution is -2.27. The molecule has 7 nitrogen and oxygen atoms in total. The summed E-state index contributed by atoms with van der Waals surface area (Å²) in [6.07, 6.45) is 7.23. The van der Waals surface area contributed by atoms with Crippen molar-refractivity contribution in [1.82, 2.24) is 24.7 Å². The Morgan fingerprint density at radius 3 is 2.51 bits per heavy atom. The molecular weight excluding hydrogens is 485 g/mol. The Balaban J connectivity index is 1.67. The largest absolute Gasteiger partial charge is 0.381 e. The second-order valence-corrected chi connectivity index (χ2v) is 9.80. The molecule has 0 bridgehead atoms. The molecule has 178 valence electrons. The van der Waals surface area contributed by atoms with Crippen molar-refractivity contribution in [2.75, 3.05) is 13.2 Å². The molecule has 0 saturated carbocycles. The van der Waals surface area contributed by atoms with Crippen LogP contribution in [0, 0.1) is 19.8 Å². The van der Waals surface area contributed by atoms with Crippen molar-refractivity contribution >= 4 is 45.1 Å². The number of pyridine rings is 3. The van der Waals surface area contributed by atoms with Crippen molar-refractivity contribution < 1.29 is 9.26 Å². The van der Waals surface area contributed by atoms with Gasteiger partial charge in [0.15, 0.2) is 0 Å². The zero-order valence-corrected chi connectivity index (χ0v) is 20.8. The Hall–Kier alpha value is -3.00. The SMILES string of the molecule is Cc1noc(C)c1-c1cnc2c3cnc(Cl)cc3n([C@@H](c3ccc(Cl)cn3)C3CCOCC3)c2c1. The molecule has 9 heteroatoms. The minimum absolute atomic E-state index is 0.0589. The average Bonchev–Trinajstić information content (AvgIpc) is 3.36. The van der Waals surface area contributed by atoms with Gasteiger partial charge in [-0.25, -0.2) is 4.98 Å². The number of aryl methyl sites for hydroxylation is 2. The molecule has 6 heterocycles. The van der Waals surface area contributed by atoms with Gasteiger partial charge in [-0.1, -0.05) is 28.4 Å². The van der Waals surface area contributed by atoms with E-state index in [1.165, 1.54) is 0 Å². The first kappa shape index (κ1) is 22.5. The van der Waals surface area contributed by atoms with E-state index in [0.29, 0.717) is 16.1 Å². The van der Waals surface area contributed by atoms with Crippen LogP contribution in [0.3, 0.4) is 0 Å². The third-order valence-electron chi connectivity index (χ3n) is 6.86. The highest BCUT2D eigenvalue weighted by Gasteiger charge is 2.31. The first-order chi connectivity index (χ1) is 17.0. The van der Waals surface area contributed by atoms with Crippen molar-refractivity contribution in [3.63, 3.8) is 0 Å². The first-order valence-electron chi connectivity index (χ1n) is 11.6. The quantitative estimate of drug-likeness (QED) is 0.256. The minimum atomic E-state index is -0.0589. The van der Waals surface area contributed by atoms with Crippen molar-refractivity contribution in [2.45, 2.75) is 32.7 Å². The number of halogens is 2. The van der Waals surface area contributed by atoms with E-state index in [2.05, 4.69) is 20.8 Å². The van der Waals surface area contributed by atoms with Crippen molar-refractivity contribution in [3.8, 4) is 11.1 Å². The summed E-state index contributed by atoms with van der Waals surface area (Å²) >= 11 is 12.6. The lowest BCUT2D eigenvalue weighted by molar-refractivity contribution is 0.0548. The maximum atomic E-state index is 6.41. The fraction of sp³-hybridized carbons (Fsp3) is 0.308. The number of rotatable bonds is 4. The highest BCUT2D eigenvalue weighted by molar-refractivity contribution is 6.30. The van der Waals surface area contributed by atoms with Gasteiger partial charge in [-0.15, -0.1) is 0 Å². The summed E-state index contributed by atoms with van der Waals surface area (Å²) in [6, 6.07) is 7.92. The number of ether oxygens (including phenoxy) is 1. The van der Waals surface area contributed by atoms with E-state index in [0.717, 1.165) is 76.3 Å². The van der Waals surface area contributed by atoms with Gasteiger partial charge in [0, 0.05) is 48.3 Å². The zero-order valence-electron chi connectivity index (χ0n) is 19.3. The standard InChI is InChI=1S/C26H23Cl2N5O2/c1-14-24(15(2)35-32-14)17-9-22-25(31-11-17)19-13-30-23(28)10-21(19)33(22)26(16-5-7-34-8-6-16)20-4-3-18(27)12-29-20/h3-4,9-13,16,26H,5-8H2,1-2H3/t26-/m1/s1. The summed E-state index contributed by atoms with van der Waals surface area (Å²) in [6.45, 7) is 5.30. The second-order valence-electron chi connectivity index (χ2n) is 8.98. The van der Waals surface area contributed by atoms with Gasteiger partial charge in [-0.3, -0.25) is 9.97 Å². The summed E-state index contributed by atoms with van der Waals surface area (Å²) in [5.41, 5.74) is 6.50. The minimum Gasteiger partial charge on any atom is -0.381 e. The van der Waals surface area contributed by atoms with Crippen LogP contribution < -0.4 is 0 Å². The van der Waals surface area contributed by atoms with Crippen LogP contribution in [0.25, 0.3) is 33.1 Å². The first-order valence-corrected chi connectivity index (χ1v) is 12.3. The van der Waals surface area contributed by atoms with Crippen LogP contribution in [0.15, 0.2) is 47.4 Å². The van der Waals surface area contributed by atoms with Crippen molar-refractivity contribution in [3.05, 3.63) is 70.2 Å². The summed E-state index contributed by atoms with van der Waals surface area (Å²) in [7, 11) is 0. The van der Waals surface area contributed by atoms with Crippen LogP contribution >= 0.6 is 23.2 Å². The molecule has 1 aliphatic rings. The molecule has 5 aromatic rings. The monoisotopic (exact) mass is 507 g/mol. The van der Waals surface area contributed by atoms with E-state index in [1.807, 2.05) is 38.2 Å². The lowest BCUT2D eigenvalue weighted by Gasteiger charge is -2.32. The van der Waals surface area contributed by atoms with Gasteiger partial charge in [-0.2, -0.15) is 0 Å². The molecule has 1 aliphatic heterocycles. The Morgan fingerprint density at radius 1 is 0.971 bits per heavy atom. The summed E-state index contributed by atoms with van der Waals surface area (Å²) in [5, 5.41) is 6.13. The average molecular weight is 508 g/mol. The molecule has 6 rings (SSSR count).